The van der Waals surface area contributed by atoms with Crippen molar-refractivity contribution in [3.8, 4) is 11.6 Å². The molecule has 2 heterocycles. The number of aromatic nitrogens is 1. The van der Waals surface area contributed by atoms with E-state index in [1.54, 1.807) is 20.2 Å². The molecule has 1 aliphatic rings. The van der Waals surface area contributed by atoms with Gasteiger partial charge >= 0.3 is 0 Å². The molecule has 31 heavy (non-hydrogen) atoms. The highest BCUT2D eigenvalue weighted by molar-refractivity contribution is 5.76. The van der Waals surface area contributed by atoms with E-state index in [1.807, 2.05) is 24.3 Å². The van der Waals surface area contributed by atoms with Crippen LogP contribution in [0, 0.1) is 0 Å². The summed E-state index contributed by atoms with van der Waals surface area (Å²) in [7, 11) is 1.68. The highest BCUT2D eigenvalue weighted by Gasteiger charge is 2.25. The zero-order valence-electron chi connectivity index (χ0n) is 19.0. The van der Waals surface area contributed by atoms with E-state index >= 15 is 0 Å². The van der Waals surface area contributed by atoms with Gasteiger partial charge in [0.2, 0.25) is 5.88 Å². The van der Waals surface area contributed by atoms with Crippen molar-refractivity contribution in [3.63, 3.8) is 0 Å². The molecule has 0 radical (unpaired) electrons. The average molecular weight is 427 g/mol. The number of nitrogens with zero attached hydrogens (tertiary/aromatic N) is 2. The van der Waals surface area contributed by atoms with Crippen molar-refractivity contribution in [2.45, 2.75) is 58.2 Å². The largest absolute Gasteiger partial charge is 0.489 e. The van der Waals surface area contributed by atoms with E-state index in [1.165, 1.54) is 5.56 Å². The van der Waals surface area contributed by atoms with Crippen LogP contribution in [0.15, 0.2) is 42.6 Å². The van der Waals surface area contributed by atoms with Crippen molar-refractivity contribution in [2.75, 3.05) is 31.7 Å². The summed E-state index contributed by atoms with van der Waals surface area (Å²) < 4.78 is 17.4. The van der Waals surface area contributed by atoms with Crippen LogP contribution in [-0.2, 0) is 9.53 Å². The summed E-state index contributed by atoms with van der Waals surface area (Å²) in [6, 6.07) is 12.1. The minimum atomic E-state index is 0.00328. The van der Waals surface area contributed by atoms with Crippen LogP contribution in [0.25, 0.3) is 0 Å². The standard InChI is InChI=1S/C25H34N2O4/c1-5-22(17-29-4)31-25-15-21(10-12-26-25)27-13-11-24(16-27)30-23-8-6-20(7-9-23)18(2)14-19(3)28/h6-10,12,15,18,22,24H,5,11,13-14,16-17H2,1-4H3/t18-,22?,24-/m1/s1. The van der Waals surface area contributed by atoms with Gasteiger partial charge in [0.05, 0.1) is 13.2 Å². The van der Waals surface area contributed by atoms with E-state index in [2.05, 4.69) is 35.9 Å². The number of pyridine rings is 1. The summed E-state index contributed by atoms with van der Waals surface area (Å²) >= 11 is 0. The van der Waals surface area contributed by atoms with Gasteiger partial charge in [0.25, 0.3) is 0 Å². The van der Waals surface area contributed by atoms with Crippen LogP contribution < -0.4 is 14.4 Å². The fourth-order valence-corrected chi connectivity index (χ4v) is 3.93. The maximum Gasteiger partial charge on any atom is 0.215 e. The predicted molar refractivity (Wildman–Crippen MR) is 122 cm³/mol. The normalized spacial score (nSPS) is 17.9. The van der Waals surface area contributed by atoms with Crippen LogP contribution in [0.2, 0.25) is 0 Å². The molecular weight excluding hydrogens is 392 g/mol. The summed E-state index contributed by atoms with van der Waals surface area (Å²) in [5, 5.41) is 0. The van der Waals surface area contributed by atoms with Gasteiger partial charge in [-0.25, -0.2) is 4.98 Å². The number of carbonyl (C=O) groups excluding carboxylic acids is 1. The maximum absolute atomic E-state index is 11.3. The minimum absolute atomic E-state index is 0.00328. The number of rotatable bonds is 11. The number of hydrogen-bond donors (Lipinski definition) is 0. The second kappa shape index (κ2) is 11.1. The fraction of sp³-hybridized carbons (Fsp3) is 0.520. The molecule has 1 unspecified atom stereocenters. The second-order valence-electron chi connectivity index (χ2n) is 8.31. The van der Waals surface area contributed by atoms with Gasteiger partial charge in [-0.05, 0) is 43.0 Å². The van der Waals surface area contributed by atoms with Gasteiger partial charge in [0.15, 0.2) is 0 Å². The van der Waals surface area contributed by atoms with Gasteiger partial charge in [0.1, 0.15) is 23.7 Å². The molecule has 6 heteroatoms. The molecule has 0 saturated carbocycles. The Morgan fingerprint density at radius 1 is 1.26 bits per heavy atom. The Hall–Kier alpha value is -2.60. The number of Topliss-reactive ketones (excluding diaryl/α,β-unsaturated/α-hetero) is 1. The smallest absolute Gasteiger partial charge is 0.215 e. The first-order valence-electron chi connectivity index (χ1n) is 11.1. The number of carbonyl (C=O) groups is 1. The number of benzene rings is 1. The van der Waals surface area contributed by atoms with Gasteiger partial charge in [-0.2, -0.15) is 0 Å². The van der Waals surface area contributed by atoms with E-state index < -0.39 is 0 Å². The quantitative estimate of drug-likeness (QED) is 0.522. The van der Waals surface area contributed by atoms with Crippen molar-refractivity contribution in [1.82, 2.24) is 4.98 Å². The molecule has 1 fully saturated rings. The van der Waals surface area contributed by atoms with E-state index in [4.69, 9.17) is 14.2 Å². The molecule has 3 atom stereocenters. The van der Waals surface area contributed by atoms with Gasteiger partial charge in [-0.15, -0.1) is 0 Å². The molecule has 1 aromatic carbocycles. The summed E-state index contributed by atoms with van der Waals surface area (Å²) in [5.74, 6) is 1.94. The first-order chi connectivity index (χ1) is 15.0. The van der Waals surface area contributed by atoms with Crippen molar-refractivity contribution >= 4 is 11.5 Å². The van der Waals surface area contributed by atoms with Gasteiger partial charge in [-0.3, -0.25) is 0 Å². The molecule has 1 aromatic heterocycles. The Morgan fingerprint density at radius 2 is 2.03 bits per heavy atom. The molecule has 168 valence electrons. The van der Waals surface area contributed by atoms with E-state index in [9.17, 15) is 4.79 Å². The van der Waals surface area contributed by atoms with Gasteiger partial charge < -0.3 is 23.9 Å². The monoisotopic (exact) mass is 426 g/mol. The van der Waals surface area contributed by atoms with Crippen LogP contribution >= 0.6 is 0 Å². The third-order valence-corrected chi connectivity index (χ3v) is 5.67. The average Bonchev–Trinajstić information content (AvgIpc) is 3.22. The molecule has 0 bridgehead atoms. The van der Waals surface area contributed by atoms with E-state index in [0.717, 1.165) is 37.4 Å². The number of anilines is 1. The van der Waals surface area contributed by atoms with Gasteiger partial charge in [0, 0.05) is 44.4 Å². The third kappa shape index (κ3) is 6.69. The summed E-state index contributed by atoms with van der Waals surface area (Å²) in [6.07, 6.45) is 4.33. The lowest BCUT2D eigenvalue weighted by molar-refractivity contribution is -0.117. The molecule has 0 aliphatic carbocycles. The molecule has 1 aliphatic heterocycles. The highest BCUT2D eigenvalue weighted by Crippen LogP contribution is 2.27. The number of hydrogen-bond acceptors (Lipinski definition) is 6. The lowest BCUT2D eigenvalue weighted by Gasteiger charge is -2.21. The zero-order chi connectivity index (χ0) is 22.2. The van der Waals surface area contributed by atoms with Crippen LogP contribution in [0.4, 0.5) is 5.69 Å². The van der Waals surface area contributed by atoms with Crippen LogP contribution in [0.5, 0.6) is 11.6 Å². The minimum Gasteiger partial charge on any atom is -0.489 e. The molecular formula is C25H34N2O4. The van der Waals surface area contributed by atoms with Crippen molar-refractivity contribution in [2.24, 2.45) is 0 Å². The summed E-state index contributed by atoms with van der Waals surface area (Å²) in [4.78, 5) is 18.0. The van der Waals surface area contributed by atoms with Gasteiger partial charge in [-0.1, -0.05) is 26.0 Å². The maximum atomic E-state index is 11.3. The second-order valence-corrected chi connectivity index (χ2v) is 8.31. The van der Waals surface area contributed by atoms with Crippen LogP contribution in [-0.4, -0.2) is 49.8 Å². The molecule has 3 rings (SSSR count). The molecule has 2 aromatic rings. The molecule has 0 N–H and O–H groups in total. The van der Waals surface area contributed by atoms with Crippen molar-refractivity contribution < 1.29 is 19.0 Å². The number of ketones is 1. The third-order valence-electron chi connectivity index (χ3n) is 5.67. The van der Waals surface area contributed by atoms with Crippen molar-refractivity contribution in [1.29, 1.82) is 0 Å². The fourth-order valence-electron chi connectivity index (χ4n) is 3.93. The van der Waals surface area contributed by atoms with E-state index in [0.29, 0.717) is 18.9 Å². The number of methoxy groups -OCH3 is 1. The van der Waals surface area contributed by atoms with Crippen LogP contribution in [0.1, 0.15) is 51.5 Å². The molecule has 0 spiro atoms. The topological polar surface area (TPSA) is 60.9 Å². The lowest BCUT2D eigenvalue weighted by atomic mass is 9.96. The Balaban J connectivity index is 1.56. The number of ether oxygens (including phenoxy) is 3. The summed E-state index contributed by atoms with van der Waals surface area (Å²) in [6.45, 7) is 8.09. The van der Waals surface area contributed by atoms with E-state index in [-0.39, 0.29) is 23.9 Å². The Morgan fingerprint density at radius 3 is 2.71 bits per heavy atom. The molecule has 1 saturated heterocycles. The highest BCUT2D eigenvalue weighted by atomic mass is 16.5. The molecule has 6 nitrogen and oxygen atoms in total. The zero-order valence-corrected chi connectivity index (χ0v) is 19.0. The van der Waals surface area contributed by atoms with Crippen LogP contribution in [0.3, 0.4) is 0 Å². The molecule has 0 amide bonds. The Labute approximate surface area is 185 Å². The Kier molecular flexibility index (Phi) is 8.29. The predicted octanol–water partition coefficient (Wildman–Crippen LogP) is 4.63. The lowest BCUT2D eigenvalue weighted by Crippen LogP contribution is -2.25. The SMILES string of the molecule is CCC(COC)Oc1cc(N2CC[C@@H](Oc3ccc([C@H](C)CC(C)=O)cc3)C2)ccn1. The first-order valence-corrected chi connectivity index (χ1v) is 11.1. The Bertz CT molecular complexity index is 840. The van der Waals surface area contributed by atoms with Crippen molar-refractivity contribution in [3.05, 3.63) is 48.2 Å². The first kappa shape index (κ1) is 23.1. The summed E-state index contributed by atoms with van der Waals surface area (Å²) in [5.41, 5.74) is 2.26.